The maximum atomic E-state index is 6.02. The van der Waals surface area contributed by atoms with Gasteiger partial charge in [0.25, 0.3) is 0 Å². The van der Waals surface area contributed by atoms with E-state index in [-0.39, 0.29) is 0 Å². The van der Waals surface area contributed by atoms with E-state index in [0.717, 1.165) is 20.5 Å². The summed E-state index contributed by atoms with van der Waals surface area (Å²) < 4.78 is 0.892. The predicted octanol–water partition coefficient (Wildman–Crippen LogP) is 3.41. The number of pyridine rings is 1. The third-order valence-corrected chi connectivity index (χ3v) is 4.03. The molecule has 0 atom stereocenters. The molecule has 0 radical (unpaired) electrons. The lowest BCUT2D eigenvalue weighted by Gasteiger charge is -2.04. The summed E-state index contributed by atoms with van der Waals surface area (Å²) in [5, 5.41) is 0.490. The fourth-order valence-corrected chi connectivity index (χ4v) is 1.71. The molecule has 0 N–H and O–H groups in total. The van der Waals surface area contributed by atoms with E-state index in [4.69, 9.17) is 11.6 Å². The Bertz CT molecular complexity index is 502. The molecule has 3 nitrogen and oxygen atoms in total. The summed E-state index contributed by atoms with van der Waals surface area (Å²) in [5.41, 5.74) is 2.74. The zero-order valence-corrected chi connectivity index (χ0v) is 11.7. The summed E-state index contributed by atoms with van der Waals surface area (Å²) in [5.74, 6) is 0.621. The largest absolute Gasteiger partial charge is 0.261 e. The SMILES string of the molecule is Cc1ccc(-c2nc(C)c(I)c(Cl)n2)cn1. The first-order valence-electron chi connectivity index (χ1n) is 4.70. The third-order valence-electron chi connectivity index (χ3n) is 2.15. The molecular weight excluding hydrogens is 336 g/mol. The Morgan fingerprint density at radius 2 is 1.94 bits per heavy atom. The number of hydrogen-bond donors (Lipinski definition) is 0. The topological polar surface area (TPSA) is 38.7 Å². The molecule has 82 valence electrons. The van der Waals surface area contributed by atoms with Crippen LogP contribution in [0.2, 0.25) is 5.15 Å². The molecule has 0 unspecified atom stereocenters. The lowest BCUT2D eigenvalue weighted by Crippen LogP contribution is -1.97. The first kappa shape index (κ1) is 11.7. The van der Waals surface area contributed by atoms with E-state index in [1.807, 2.05) is 26.0 Å². The van der Waals surface area contributed by atoms with E-state index in [9.17, 15) is 0 Å². The number of aromatic nitrogens is 3. The quantitative estimate of drug-likeness (QED) is 0.587. The molecule has 0 saturated carbocycles. The molecule has 5 heteroatoms. The van der Waals surface area contributed by atoms with Gasteiger partial charge in [-0.1, -0.05) is 11.6 Å². The average Bonchev–Trinajstić information content (AvgIpc) is 2.26. The van der Waals surface area contributed by atoms with Crippen molar-refractivity contribution in [2.24, 2.45) is 0 Å². The van der Waals surface area contributed by atoms with Crippen LogP contribution >= 0.6 is 34.2 Å². The van der Waals surface area contributed by atoms with Crippen molar-refractivity contribution in [3.63, 3.8) is 0 Å². The number of aryl methyl sites for hydroxylation is 2. The Hall–Kier alpha value is -0.750. The van der Waals surface area contributed by atoms with Gasteiger partial charge in [0.2, 0.25) is 0 Å². The maximum absolute atomic E-state index is 6.02. The fraction of sp³-hybridized carbons (Fsp3) is 0.182. The fourth-order valence-electron chi connectivity index (χ4n) is 1.25. The van der Waals surface area contributed by atoms with Crippen molar-refractivity contribution in [2.45, 2.75) is 13.8 Å². The van der Waals surface area contributed by atoms with Crippen LogP contribution in [0.15, 0.2) is 18.3 Å². The number of hydrogen-bond acceptors (Lipinski definition) is 3. The average molecular weight is 346 g/mol. The van der Waals surface area contributed by atoms with Gasteiger partial charge in [0.15, 0.2) is 5.82 Å². The monoisotopic (exact) mass is 345 g/mol. The molecule has 0 aliphatic rings. The van der Waals surface area contributed by atoms with Gasteiger partial charge in [0.1, 0.15) is 5.15 Å². The van der Waals surface area contributed by atoms with Gasteiger partial charge in [0.05, 0.1) is 9.26 Å². The van der Waals surface area contributed by atoms with Crippen molar-refractivity contribution in [3.8, 4) is 11.4 Å². The van der Waals surface area contributed by atoms with E-state index in [2.05, 4.69) is 37.5 Å². The van der Waals surface area contributed by atoms with Gasteiger partial charge in [-0.2, -0.15) is 0 Å². The zero-order valence-electron chi connectivity index (χ0n) is 8.83. The summed E-state index contributed by atoms with van der Waals surface area (Å²) in [6.07, 6.45) is 1.76. The smallest absolute Gasteiger partial charge is 0.162 e. The van der Waals surface area contributed by atoms with Crippen LogP contribution in [-0.4, -0.2) is 15.0 Å². The van der Waals surface area contributed by atoms with Crippen LogP contribution in [0.5, 0.6) is 0 Å². The van der Waals surface area contributed by atoms with E-state index in [0.29, 0.717) is 11.0 Å². The van der Waals surface area contributed by atoms with Crippen LogP contribution in [0.4, 0.5) is 0 Å². The molecule has 2 heterocycles. The lowest BCUT2D eigenvalue weighted by atomic mass is 10.2. The number of halogens is 2. The Labute approximate surface area is 112 Å². The second-order valence-electron chi connectivity index (χ2n) is 3.43. The molecule has 0 aromatic carbocycles. The second kappa shape index (κ2) is 4.63. The first-order valence-corrected chi connectivity index (χ1v) is 6.16. The van der Waals surface area contributed by atoms with E-state index < -0.39 is 0 Å². The Kier molecular flexibility index (Phi) is 3.39. The van der Waals surface area contributed by atoms with Gasteiger partial charge in [0, 0.05) is 17.5 Å². The van der Waals surface area contributed by atoms with Gasteiger partial charge in [-0.15, -0.1) is 0 Å². The summed E-state index contributed by atoms with van der Waals surface area (Å²) in [6, 6.07) is 3.88. The van der Waals surface area contributed by atoms with Gasteiger partial charge < -0.3 is 0 Å². The standard InChI is InChI=1S/C11H9ClIN3/c1-6-3-4-8(5-14-6)11-15-7(2)9(13)10(12)16-11/h3-5H,1-2H3. The Morgan fingerprint density at radius 3 is 2.50 bits per heavy atom. The molecular formula is C11H9ClIN3. The van der Waals surface area contributed by atoms with Crippen molar-refractivity contribution in [1.82, 2.24) is 15.0 Å². The van der Waals surface area contributed by atoms with Crippen molar-refractivity contribution in [2.75, 3.05) is 0 Å². The van der Waals surface area contributed by atoms with Crippen molar-refractivity contribution >= 4 is 34.2 Å². The summed E-state index contributed by atoms with van der Waals surface area (Å²) >= 11 is 8.16. The number of rotatable bonds is 1. The van der Waals surface area contributed by atoms with Gasteiger partial charge in [-0.05, 0) is 48.6 Å². The normalized spacial score (nSPS) is 10.5. The minimum absolute atomic E-state index is 0.490. The summed E-state index contributed by atoms with van der Waals surface area (Å²) in [4.78, 5) is 12.8. The first-order chi connectivity index (χ1) is 7.58. The predicted molar refractivity (Wildman–Crippen MR) is 72.5 cm³/mol. The summed E-state index contributed by atoms with van der Waals surface area (Å²) in [6.45, 7) is 3.86. The van der Waals surface area contributed by atoms with Gasteiger partial charge in [-0.25, -0.2) is 9.97 Å². The highest BCUT2D eigenvalue weighted by atomic mass is 127. The molecule has 2 aromatic heterocycles. The van der Waals surface area contributed by atoms with Crippen LogP contribution in [0.1, 0.15) is 11.4 Å². The highest BCUT2D eigenvalue weighted by Crippen LogP contribution is 2.22. The molecule has 0 bridgehead atoms. The Morgan fingerprint density at radius 1 is 1.19 bits per heavy atom. The minimum Gasteiger partial charge on any atom is -0.261 e. The minimum atomic E-state index is 0.490. The molecule has 0 aliphatic heterocycles. The highest BCUT2D eigenvalue weighted by Gasteiger charge is 2.08. The van der Waals surface area contributed by atoms with Gasteiger partial charge in [-0.3, -0.25) is 4.98 Å². The van der Waals surface area contributed by atoms with E-state index in [1.54, 1.807) is 6.20 Å². The van der Waals surface area contributed by atoms with Crippen LogP contribution in [0.3, 0.4) is 0 Å². The Balaban J connectivity index is 2.52. The molecule has 0 aliphatic carbocycles. The molecule has 0 spiro atoms. The lowest BCUT2D eigenvalue weighted by molar-refractivity contribution is 1.08. The molecule has 2 aromatic rings. The van der Waals surface area contributed by atoms with Gasteiger partial charge >= 0.3 is 0 Å². The van der Waals surface area contributed by atoms with Crippen molar-refractivity contribution in [3.05, 3.63) is 38.4 Å². The van der Waals surface area contributed by atoms with Crippen LogP contribution in [-0.2, 0) is 0 Å². The number of nitrogens with zero attached hydrogens (tertiary/aromatic N) is 3. The van der Waals surface area contributed by atoms with Crippen LogP contribution in [0, 0.1) is 17.4 Å². The molecule has 0 fully saturated rings. The third kappa shape index (κ3) is 2.32. The maximum Gasteiger partial charge on any atom is 0.162 e. The molecule has 0 saturated heterocycles. The highest BCUT2D eigenvalue weighted by molar-refractivity contribution is 14.1. The second-order valence-corrected chi connectivity index (χ2v) is 4.86. The van der Waals surface area contributed by atoms with Crippen molar-refractivity contribution < 1.29 is 0 Å². The van der Waals surface area contributed by atoms with Crippen LogP contribution < -0.4 is 0 Å². The zero-order chi connectivity index (χ0) is 11.7. The molecule has 16 heavy (non-hydrogen) atoms. The van der Waals surface area contributed by atoms with Crippen molar-refractivity contribution in [1.29, 1.82) is 0 Å². The summed E-state index contributed by atoms with van der Waals surface area (Å²) in [7, 11) is 0. The van der Waals surface area contributed by atoms with Crippen LogP contribution in [0.25, 0.3) is 11.4 Å². The molecule has 0 amide bonds. The van der Waals surface area contributed by atoms with E-state index >= 15 is 0 Å². The molecule has 2 rings (SSSR count). The van der Waals surface area contributed by atoms with E-state index in [1.165, 1.54) is 0 Å².